The Morgan fingerprint density at radius 2 is 2.14 bits per heavy atom. The lowest BCUT2D eigenvalue weighted by atomic mass is 10.0. The van der Waals surface area contributed by atoms with Crippen molar-refractivity contribution in [2.24, 2.45) is 0 Å². The van der Waals surface area contributed by atoms with Crippen molar-refractivity contribution in [3.63, 3.8) is 0 Å². The van der Waals surface area contributed by atoms with Crippen LogP contribution in [0, 0.1) is 3.57 Å². The fourth-order valence-corrected chi connectivity index (χ4v) is 2.94. The Hall–Kier alpha value is -1.35. The quantitative estimate of drug-likeness (QED) is 0.675. The zero-order chi connectivity index (χ0) is 15.4. The third-order valence-electron chi connectivity index (χ3n) is 3.55. The number of nitrogens with one attached hydrogen (secondary N) is 1. The predicted molar refractivity (Wildman–Crippen MR) is 86.6 cm³/mol. The average Bonchev–Trinajstić information content (AvgIpc) is 2.48. The van der Waals surface area contributed by atoms with Crippen LogP contribution in [0.2, 0.25) is 0 Å². The van der Waals surface area contributed by atoms with Crippen LogP contribution in [0.1, 0.15) is 29.6 Å². The van der Waals surface area contributed by atoms with E-state index in [1.165, 1.54) is 6.07 Å². The molecule has 1 aliphatic rings. The highest BCUT2D eigenvalue weighted by molar-refractivity contribution is 14.1. The number of aliphatic hydroxyl groups is 1. The Bertz CT molecular complexity index is 550. The molecular weight excluding hydrogens is 387 g/mol. The molecule has 1 unspecified atom stereocenters. The first-order valence-electron chi connectivity index (χ1n) is 6.74. The molecule has 1 atom stereocenters. The highest BCUT2D eigenvalue weighted by atomic mass is 127. The number of urea groups is 1. The molecule has 1 heterocycles. The number of amides is 2. The Morgan fingerprint density at radius 1 is 1.38 bits per heavy atom. The van der Waals surface area contributed by atoms with Gasteiger partial charge in [0.1, 0.15) is 0 Å². The summed E-state index contributed by atoms with van der Waals surface area (Å²) < 4.78 is 0.786. The second kappa shape index (κ2) is 7.08. The van der Waals surface area contributed by atoms with E-state index in [0.29, 0.717) is 6.54 Å². The van der Waals surface area contributed by atoms with E-state index in [0.717, 1.165) is 22.8 Å². The number of carboxylic acid groups (broad SMARTS) is 1. The van der Waals surface area contributed by atoms with Gasteiger partial charge in [0.05, 0.1) is 23.9 Å². The Morgan fingerprint density at radius 3 is 2.81 bits per heavy atom. The molecule has 0 aliphatic carbocycles. The molecule has 21 heavy (non-hydrogen) atoms. The van der Waals surface area contributed by atoms with Gasteiger partial charge in [-0.15, -0.1) is 0 Å². The summed E-state index contributed by atoms with van der Waals surface area (Å²) in [5.74, 6) is -1.08. The second-order valence-corrected chi connectivity index (χ2v) is 6.20. The lowest BCUT2D eigenvalue weighted by Gasteiger charge is -2.34. The van der Waals surface area contributed by atoms with E-state index < -0.39 is 5.97 Å². The van der Waals surface area contributed by atoms with Crippen molar-refractivity contribution >= 4 is 40.3 Å². The van der Waals surface area contributed by atoms with Crippen molar-refractivity contribution in [2.45, 2.75) is 25.3 Å². The molecule has 0 spiro atoms. The van der Waals surface area contributed by atoms with Crippen LogP contribution in [0.25, 0.3) is 0 Å². The van der Waals surface area contributed by atoms with Crippen LogP contribution in [0.4, 0.5) is 10.5 Å². The maximum atomic E-state index is 12.3. The maximum absolute atomic E-state index is 12.3. The van der Waals surface area contributed by atoms with Gasteiger partial charge < -0.3 is 20.4 Å². The van der Waals surface area contributed by atoms with Crippen LogP contribution in [-0.4, -0.2) is 46.3 Å². The number of benzene rings is 1. The molecule has 1 aromatic rings. The summed E-state index contributed by atoms with van der Waals surface area (Å²) in [6.45, 7) is 0.496. The number of anilines is 1. The molecule has 1 aliphatic heterocycles. The zero-order valence-electron chi connectivity index (χ0n) is 11.4. The first-order chi connectivity index (χ1) is 10.0. The van der Waals surface area contributed by atoms with Gasteiger partial charge >= 0.3 is 12.0 Å². The van der Waals surface area contributed by atoms with Crippen molar-refractivity contribution in [1.29, 1.82) is 0 Å². The zero-order valence-corrected chi connectivity index (χ0v) is 13.5. The molecule has 0 saturated carbocycles. The van der Waals surface area contributed by atoms with E-state index in [-0.39, 0.29) is 29.9 Å². The summed E-state index contributed by atoms with van der Waals surface area (Å²) in [6, 6.07) is 4.27. The average molecular weight is 404 g/mol. The van der Waals surface area contributed by atoms with Gasteiger partial charge in [-0.1, -0.05) is 0 Å². The van der Waals surface area contributed by atoms with Crippen molar-refractivity contribution in [2.75, 3.05) is 18.5 Å². The van der Waals surface area contributed by atoms with Crippen LogP contribution >= 0.6 is 22.6 Å². The van der Waals surface area contributed by atoms with E-state index in [2.05, 4.69) is 5.32 Å². The minimum atomic E-state index is -1.08. The SMILES string of the molecule is O=C(O)c1cc(I)ccc1NC(=O)N1CCCCC1CO. The van der Waals surface area contributed by atoms with E-state index in [4.69, 9.17) is 0 Å². The standard InChI is InChI=1S/C14H17IN2O4/c15-9-4-5-12(11(7-9)13(19)20)16-14(21)17-6-2-1-3-10(17)8-18/h4-5,7,10,18H,1-3,6,8H2,(H,16,21)(H,19,20). The number of rotatable bonds is 3. The molecule has 0 bridgehead atoms. The topological polar surface area (TPSA) is 89.9 Å². The number of carboxylic acids is 1. The number of aromatic carboxylic acids is 1. The largest absolute Gasteiger partial charge is 0.478 e. The summed E-state index contributed by atoms with van der Waals surface area (Å²) in [6.07, 6.45) is 2.64. The van der Waals surface area contributed by atoms with Gasteiger partial charge in [0, 0.05) is 10.1 Å². The smallest absolute Gasteiger partial charge is 0.337 e. The molecule has 0 radical (unpaired) electrons. The summed E-state index contributed by atoms with van der Waals surface area (Å²) in [5.41, 5.74) is 0.336. The number of nitrogens with zero attached hydrogens (tertiary/aromatic N) is 1. The van der Waals surface area contributed by atoms with Crippen molar-refractivity contribution in [3.05, 3.63) is 27.3 Å². The number of aliphatic hydroxyl groups excluding tert-OH is 1. The number of hydrogen-bond donors (Lipinski definition) is 3. The van der Waals surface area contributed by atoms with E-state index in [1.54, 1.807) is 17.0 Å². The van der Waals surface area contributed by atoms with Gasteiger partial charge in [0.25, 0.3) is 0 Å². The first kappa shape index (κ1) is 16.0. The molecule has 7 heteroatoms. The fourth-order valence-electron chi connectivity index (χ4n) is 2.45. The van der Waals surface area contributed by atoms with E-state index >= 15 is 0 Å². The molecule has 2 rings (SSSR count). The second-order valence-electron chi connectivity index (χ2n) is 4.95. The lowest BCUT2D eigenvalue weighted by molar-refractivity contribution is 0.0698. The summed E-state index contributed by atoms with van der Waals surface area (Å²) in [4.78, 5) is 25.1. The predicted octanol–water partition coefficient (Wildman–Crippen LogP) is 2.37. The molecule has 1 saturated heterocycles. The summed E-state index contributed by atoms with van der Waals surface area (Å²) in [5, 5.41) is 21.2. The van der Waals surface area contributed by atoms with Crippen LogP contribution in [0.5, 0.6) is 0 Å². The Balaban J connectivity index is 2.17. The molecule has 114 valence electrons. The highest BCUT2D eigenvalue weighted by Gasteiger charge is 2.26. The minimum absolute atomic E-state index is 0.0628. The van der Waals surface area contributed by atoms with Crippen LogP contribution in [0.15, 0.2) is 18.2 Å². The van der Waals surface area contributed by atoms with Crippen molar-refractivity contribution in [1.82, 2.24) is 4.90 Å². The number of likely N-dealkylation sites (tertiary alicyclic amines) is 1. The lowest BCUT2D eigenvalue weighted by Crippen LogP contribution is -2.47. The summed E-state index contributed by atoms with van der Waals surface area (Å²) >= 11 is 2.02. The molecule has 1 fully saturated rings. The van der Waals surface area contributed by atoms with Gasteiger partial charge in [-0.2, -0.15) is 0 Å². The Labute approximate surface area is 136 Å². The van der Waals surface area contributed by atoms with Gasteiger partial charge in [0.15, 0.2) is 0 Å². The molecule has 1 aromatic carbocycles. The van der Waals surface area contributed by atoms with Gasteiger partial charge in [-0.3, -0.25) is 0 Å². The number of carbonyl (C=O) groups excluding carboxylic acids is 1. The van der Waals surface area contributed by atoms with Crippen LogP contribution in [0.3, 0.4) is 0 Å². The minimum Gasteiger partial charge on any atom is -0.478 e. The maximum Gasteiger partial charge on any atom is 0.337 e. The number of piperidine rings is 1. The molecular formula is C14H17IN2O4. The number of hydrogen-bond acceptors (Lipinski definition) is 3. The fraction of sp³-hybridized carbons (Fsp3) is 0.429. The third kappa shape index (κ3) is 3.85. The number of halogens is 1. The highest BCUT2D eigenvalue weighted by Crippen LogP contribution is 2.22. The first-order valence-corrected chi connectivity index (χ1v) is 7.82. The van der Waals surface area contributed by atoms with Crippen molar-refractivity contribution in [3.8, 4) is 0 Å². The Kier molecular flexibility index (Phi) is 5.40. The number of carbonyl (C=O) groups is 2. The monoisotopic (exact) mass is 404 g/mol. The van der Waals surface area contributed by atoms with Crippen molar-refractivity contribution < 1.29 is 19.8 Å². The van der Waals surface area contributed by atoms with Gasteiger partial charge in [-0.05, 0) is 60.1 Å². The van der Waals surface area contributed by atoms with E-state index in [1.807, 2.05) is 22.6 Å². The molecule has 6 nitrogen and oxygen atoms in total. The normalized spacial score (nSPS) is 18.4. The third-order valence-corrected chi connectivity index (χ3v) is 4.22. The van der Waals surface area contributed by atoms with Crippen LogP contribution < -0.4 is 5.32 Å². The summed E-state index contributed by atoms with van der Waals surface area (Å²) in [7, 11) is 0. The molecule has 0 aromatic heterocycles. The molecule has 2 amide bonds. The van der Waals surface area contributed by atoms with Gasteiger partial charge in [0.2, 0.25) is 0 Å². The van der Waals surface area contributed by atoms with E-state index in [9.17, 15) is 19.8 Å². The molecule has 3 N–H and O–H groups in total. The van der Waals surface area contributed by atoms with Crippen LogP contribution in [-0.2, 0) is 0 Å². The van der Waals surface area contributed by atoms with Gasteiger partial charge in [-0.25, -0.2) is 9.59 Å².